The summed E-state index contributed by atoms with van der Waals surface area (Å²) < 4.78 is 0. The lowest BCUT2D eigenvalue weighted by Gasteiger charge is -2.21. The van der Waals surface area contributed by atoms with Crippen LogP contribution in [0.15, 0.2) is 23.3 Å². The van der Waals surface area contributed by atoms with Crippen LogP contribution in [0.4, 0.5) is 0 Å². The van der Waals surface area contributed by atoms with Crippen LogP contribution in [0, 0.1) is 0 Å². The highest BCUT2D eigenvalue weighted by Gasteiger charge is 2.20. The van der Waals surface area contributed by atoms with E-state index in [9.17, 15) is 24.0 Å². The van der Waals surface area contributed by atoms with Crippen LogP contribution in [0.2, 0.25) is 0 Å². The summed E-state index contributed by atoms with van der Waals surface area (Å²) in [5.41, 5.74) is 2.74. The van der Waals surface area contributed by atoms with Crippen molar-refractivity contribution in [1.29, 1.82) is 0 Å². The fraction of sp³-hybridized carbons (Fsp3) is 0.750. The SMILES string of the molecule is O=C1CC/C=C\CCCC(=O)CCC1.O=C1CCCC2=C1CCCCCC2.O=C1CCCCCCCC(=O)CCC1. The molecule has 0 aromatic rings. The predicted molar refractivity (Wildman–Crippen MR) is 166 cm³/mol. The monoisotopic (exact) mass is 568 g/mol. The summed E-state index contributed by atoms with van der Waals surface area (Å²) in [6, 6.07) is 0. The molecule has 4 aliphatic carbocycles. The van der Waals surface area contributed by atoms with Crippen LogP contribution in [-0.2, 0) is 24.0 Å². The zero-order chi connectivity index (χ0) is 29.5. The first-order valence-corrected chi connectivity index (χ1v) is 16.9. The highest BCUT2D eigenvalue weighted by molar-refractivity contribution is 5.96. The molecule has 0 aliphatic heterocycles. The predicted octanol–water partition coefficient (Wildman–Crippen LogP) is 9.24. The Labute approximate surface area is 249 Å². The largest absolute Gasteiger partial charge is 0.300 e. The Hall–Kier alpha value is -2.17. The van der Waals surface area contributed by atoms with E-state index in [4.69, 9.17) is 0 Å². The third-order valence-corrected chi connectivity index (χ3v) is 8.62. The lowest BCUT2D eigenvalue weighted by Crippen LogP contribution is -2.13. The van der Waals surface area contributed by atoms with E-state index in [0.29, 0.717) is 67.4 Å². The molecule has 0 N–H and O–H groups in total. The van der Waals surface area contributed by atoms with Crippen LogP contribution < -0.4 is 0 Å². The van der Waals surface area contributed by atoms with Gasteiger partial charge in [0.25, 0.3) is 0 Å². The second-order valence-electron chi connectivity index (χ2n) is 12.3. The molecule has 0 spiro atoms. The quantitative estimate of drug-likeness (QED) is 0.272. The molecule has 4 aliphatic rings. The molecular weight excluding hydrogens is 512 g/mol. The number of carbonyl (C=O) groups excluding carboxylic acids is 5. The van der Waals surface area contributed by atoms with E-state index in [1.807, 2.05) is 0 Å². The first-order valence-electron chi connectivity index (χ1n) is 16.9. The Morgan fingerprint density at radius 1 is 0.317 bits per heavy atom. The van der Waals surface area contributed by atoms with Crippen LogP contribution in [0.1, 0.15) is 173 Å². The van der Waals surface area contributed by atoms with E-state index in [1.165, 1.54) is 56.1 Å². The van der Waals surface area contributed by atoms with Crippen molar-refractivity contribution < 1.29 is 24.0 Å². The van der Waals surface area contributed by atoms with Crippen LogP contribution in [0.25, 0.3) is 0 Å². The van der Waals surface area contributed by atoms with Crippen molar-refractivity contribution in [2.75, 3.05) is 0 Å². The van der Waals surface area contributed by atoms with Gasteiger partial charge in [0.1, 0.15) is 23.1 Å². The van der Waals surface area contributed by atoms with E-state index in [0.717, 1.165) is 89.9 Å². The molecule has 0 saturated heterocycles. The lowest BCUT2D eigenvalue weighted by molar-refractivity contribution is -0.122. The van der Waals surface area contributed by atoms with Crippen molar-refractivity contribution in [3.63, 3.8) is 0 Å². The molecule has 230 valence electrons. The highest BCUT2D eigenvalue weighted by Crippen LogP contribution is 2.31. The van der Waals surface area contributed by atoms with Crippen molar-refractivity contribution in [3.05, 3.63) is 23.3 Å². The summed E-state index contributed by atoms with van der Waals surface area (Å²) in [4.78, 5) is 56.8. The molecule has 1 fully saturated rings. The molecule has 4 rings (SSSR count). The molecular formula is C36H56O5. The van der Waals surface area contributed by atoms with Gasteiger partial charge in [0, 0.05) is 57.8 Å². The molecule has 0 unspecified atom stereocenters. The summed E-state index contributed by atoms with van der Waals surface area (Å²) in [5.74, 6) is 1.76. The van der Waals surface area contributed by atoms with Gasteiger partial charge in [-0.25, -0.2) is 0 Å². The number of hydrogen-bond acceptors (Lipinski definition) is 5. The van der Waals surface area contributed by atoms with E-state index in [2.05, 4.69) is 12.2 Å². The number of Topliss-reactive ketones (excluding diaryl/α,β-unsaturated/α-hetero) is 5. The Morgan fingerprint density at radius 3 is 1.32 bits per heavy atom. The van der Waals surface area contributed by atoms with Crippen molar-refractivity contribution in [1.82, 2.24) is 0 Å². The second kappa shape index (κ2) is 22.4. The van der Waals surface area contributed by atoms with Gasteiger partial charge >= 0.3 is 0 Å². The zero-order valence-corrected chi connectivity index (χ0v) is 25.8. The minimum Gasteiger partial charge on any atom is -0.300 e. The van der Waals surface area contributed by atoms with Crippen LogP contribution >= 0.6 is 0 Å². The summed E-state index contributed by atoms with van der Waals surface area (Å²) in [6.45, 7) is 0. The van der Waals surface area contributed by atoms with Crippen LogP contribution in [-0.4, -0.2) is 28.9 Å². The molecule has 0 bridgehead atoms. The molecule has 0 aromatic heterocycles. The second-order valence-corrected chi connectivity index (χ2v) is 12.3. The van der Waals surface area contributed by atoms with Gasteiger partial charge in [0.2, 0.25) is 0 Å². The normalized spacial score (nSPS) is 23.8. The molecule has 0 amide bonds. The molecule has 5 heteroatoms. The summed E-state index contributed by atoms with van der Waals surface area (Å²) >= 11 is 0. The number of rotatable bonds is 0. The minimum atomic E-state index is 0.294. The van der Waals surface area contributed by atoms with Crippen LogP contribution in [0.3, 0.4) is 0 Å². The van der Waals surface area contributed by atoms with Gasteiger partial charge in [-0.2, -0.15) is 0 Å². The topological polar surface area (TPSA) is 85.3 Å². The molecule has 41 heavy (non-hydrogen) atoms. The zero-order valence-electron chi connectivity index (χ0n) is 25.8. The van der Waals surface area contributed by atoms with E-state index >= 15 is 0 Å². The third-order valence-electron chi connectivity index (χ3n) is 8.62. The average Bonchev–Trinajstić information content (AvgIpc) is 2.92. The maximum absolute atomic E-state index is 11.6. The summed E-state index contributed by atoms with van der Waals surface area (Å²) in [5, 5.41) is 0. The number of carbonyl (C=O) groups is 5. The Kier molecular flexibility index (Phi) is 19.2. The third kappa shape index (κ3) is 17.4. The van der Waals surface area contributed by atoms with Crippen molar-refractivity contribution in [3.8, 4) is 0 Å². The van der Waals surface area contributed by atoms with Gasteiger partial charge in [-0.1, -0.05) is 49.8 Å². The van der Waals surface area contributed by atoms with E-state index < -0.39 is 0 Å². The van der Waals surface area contributed by atoms with E-state index in [1.54, 1.807) is 0 Å². The number of ketones is 5. The minimum absolute atomic E-state index is 0.294. The first kappa shape index (κ1) is 35.0. The average molecular weight is 569 g/mol. The van der Waals surface area contributed by atoms with Gasteiger partial charge < -0.3 is 0 Å². The van der Waals surface area contributed by atoms with Gasteiger partial charge in [0.15, 0.2) is 5.78 Å². The maximum atomic E-state index is 11.6. The lowest BCUT2D eigenvalue weighted by atomic mass is 9.83. The Morgan fingerprint density at radius 2 is 0.707 bits per heavy atom. The summed E-state index contributed by atoms with van der Waals surface area (Å²) in [7, 11) is 0. The fourth-order valence-electron chi connectivity index (χ4n) is 6.08. The molecule has 0 atom stereocenters. The molecule has 1 saturated carbocycles. The van der Waals surface area contributed by atoms with Gasteiger partial charge in [-0.15, -0.1) is 0 Å². The summed E-state index contributed by atoms with van der Waals surface area (Å²) in [6.07, 6.45) is 29.9. The smallest absolute Gasteiger partial charge is 0.158 e. The maximum Gasteiger partial charge on any atom is 0.158 e. The first-order chi connectivity index (χ1) is 20.0. The van der Waals surface area contributed by atoms with Crippen molar-refractivity contribution in [2.24, 2.45) is 0 Å². The highest BCUT2D eigenvalue weighted by atomic mass is 16.1. The van der Waals surface area contributed by atoms with Gasteiger partial charge in [-0.05, 0) is 89.0 Å². The Balaban J connectivity index is 0.000000215. The molecule has 5 nitrogen and oxygen atoms in total. The van der Waals surface area contributed by atoms with Crippen molar-refractivity contribution in [2.45, 2.75) is 173 Å². The molecule has 0 radical (unpaired) electrons. The molecule has 0 heterocycles. The van der Waals surface area contributed by atoms with E-state index in [-0.39, 0.29) is 0 Å². The van der Waals surface area contributed by atoms with Gasteiger partial charge in [0.05, 0.1) is 0 Å². The van der Waals surface area contributed by atoms with Crippen molar-refractivity contribution >= 4 is 28.9 Å². The van der Waals surface area contributed by atoms with Gasteiger partial charge in [-0.3, -0.25) is 24.0 Å². The standard InChI is InChI=1S/C12H20O2.C12H18O2.C12H18O/c2*13-11-7-4-2-1-3-5-8-12(14)10-6-9-11;13-12-9-5-7-10-6-3-1-2-4-8-11(10)12/h1-10H2;1-2H,3-10H2;1-9H2/b;2-1-;. The number of hydrogen-bond donors (Lipinski definition) is 0. The number of allylic oxidation sites excluding steroid dienone is 4. The van der Waals surface area contributed by atoms with Crippen LogP contribution in [0.5, 0.6) is 0 Å². The fourth-order valence-corrected chi connectivity index (χ4v) is 6.08. The molecule has 0 aromatic carbocycles. The Bertz CT molecular complexity index is 874.